The van der Waals surface area contributed by atoms with Gasteiger partial charge in [-0.3, -0.25) is 9.97 Å². The molecule has 0 aromatic carbocycles. The van der Waals surface area contributed by atoms with Gasteiger partial charge in [-0.05, 0) is 19.4 Å². The molecule has 0 aliphatic carbocycles. The maximum absolute atomic E-state index is 4.32. The van der Waals surface area contributed by atoms with Crippen LogP contribution in [0.2, 0.25) is 0 Å². The van der Waals surface area contributed by atoms with Gasteiger partial charge in [-0.2, -0.15) is 0 Å². The topological polar surface area (TPSA) is 37.8 Å². The number of nitrogens with one attached hydrogen (secondary N) is 1. The quantitative estimate of drug-likeness (QED) is 0.725. The average molecular weight is 205 g/mol. The first kappa shape index (κ1) is 11.9. The van der Waals surface area contributed by atoms with Gasteiger partial charge in [0.15, 0.2) is 0 Å². The third-order valence-corrected chi connectivity index (χ3v) is 2.38. The van der Waals surface area contributed by atoms with Crippen molar-refractivity contribution in [2.45, 2.75) is 32.7 Å². The molecule has 1 aromatic rings. The molecule has 0 saturated heterocycles. The number of rotatable bonds is 6. The van der Waals surface area contributed by atoms with Crippen LogP contribution in [0.3, 0.4) is 0 Å². The van der Waals surface area contributed by atoms with Crippen molar-refractivity contribution in [3.8, 4) is 0 Å². The average Bonchev–Trinajstić information content (AvgIpc) is 2.29. The van der Waals surface area contributed by atoms with Crippen LogP contribution < -0.4 is 5.32 Å². The van der Waals surface area contributed by atoms with Crippen LogP contribution in [-0.2, 0) is 0 Å². The van der Waals surface area contributed by atoms with Crippen molar-refractivity contribution in [2.24, 2.45) is 0 Å². The molecular weight excluding hydrogens is 186 g/mol. The third kappa shape index (κ3) is 3.80. The van der Waals surface area contributed by atoms with Crippen LogP contribution in [0.15, 0.2) is 30.7 Å². The minimum atomic E-state index is 0.246. The van der Waals surface area contributed by atoms with Crippen molar-refractivity contribution in [1.82, 2.24) is 15.3 Å². The zero-order valence-corrected chi connectivity index (χ0v) is 9.53. The summed E-state index contributed by atoms with van der Waals surface area (Å²) in [6.07, 6.45) is 7.19. The van der Waals surface area contributed by atoms with Gasteiger partial charge < -0.3 is 5.32 Å². The molecule has 3 heteroatoms. The zero-order valence-electron chi connectivity index (χ0n) is 9.53. The van der Waals surface area contributed by atoms with Crippen molar-refractivity contribution < 1.29 is 0 Å². The summed E-state index contributed by atoms with van der Waals surface area (Å²) in [6, 6.07) is 0.246. The number of hydrogen-bond acceptors (Lipinski definition) is 3. The van der Waals surface area contributed by atoms with E-state index in [1.54, 1.807) is 12.4 Å². The Morgan fingerprint density at radius 1 is 1.47 bits per heavy atom. The van der Waals surface area contributed by atoms with E-state index in [-0.39, 0.29) is 6.04 Å². The first-order valence-corrected chi connectivity index (χ1v) is 5.43. The number of hydrogen-bond donors (Lipinski definition) is 1. The van der Waals surface area contributed by atoms with E-state index in [1.807, 2.05) is 6.20 Å². The van der Waals surface area contributed by atoms with Gasteiger partial charge >= 0.3 is 0 Å². The Balaban J connectivity index is 2.70. The Labute approximate surface area is 91.7 Å². The normalized spacial score (nSPS) is 12.4. The predicted molar refractivity (Wildman–Crippen MR) is 62.5 cm³/mol. The van der Waals surface area contributed by atoms with E-state index in [4.69, 9.17) is 0 Å². The molecule has 0 amide bonds. The fourth-order valence-electron chi connectivity index (χ4n) is 1.45. The molecular formula is C12H19N3. The summed E-state index contributed by atoms with van der Waals surface area (Å²) in [4.78, 5) is 8.41. The first-order chi connectivity index (χ1) is 7.27. The fourth-order valence-corrected chi connectivity index (χ4v) is 1.45. The molecule has 82 valence electrons. The molecule has 0 aliphatic rings. The summed E-state index contributed by atoms with van der Waals surface area (Å²) < 4.78 is 0. The van der Waals surface area contributed by atoms with Gasteiger partial charge in [-0.1, -0.05) is 26.0 Å². The SMILES string of the molecule is C=C(CC)CC(NCC)c1cnccn1. The van der Waals surface area contributed by atoms with E-state index < -0.39 is 0 Å². The zero-order chi connectivity index (χ0) is 11.1. The summed E-state index contributed by atoms with van der Waals surface area (Å²) in [7, 11) is 0. The van der Waals surface area contributed by atoms with E-state index in [2.05, 4.69) is 35.7 Å². The van der Waals surface area contributed by atoms with Crippen LogP contribution in [0, 0.1) is 0 Å². The highest BCUT2D eigenvalue weighted by molar-refractivity contribution is 5.08. The predicted octanol–water partition coefficient (Wildman–Crippen LogP) is 2.48. The van der Waals surface area contributed by atoms with E-state index >= 15 is 0 Å². The Bertz CT molecular complexity index is 295. The van der Waals surface area contributed by atoms with Crippen LogP contribution in [0.1, 0.15) is 38.4 Å². The van der Waals surface area contributed by atoms with Crippen molar-refractivity contribution in [1.29, 1.82) is 0 Å². The monoisotopic (exact) mass is 205 g/mol. The maximum atomic E-state index is 4.32. The number of aromatic nitrogens is 2. The molecule has 15 heavy (non-hydrogen) atoms. The summed E-state index contributed by atoms with van der Waals surface area (Å²) in [5, 5.41) is 3.40. The van der Waals surface area contributed by atoms with Crippen molar-refractivity contribution in [3.05, 3.63) is 36.4 Å². The third-order valence-electron chi connectivity index (χ3n) is 2.38. The molecule has 0 fully saturated rings. The fraction of sp³-hybridized carbons (Fsp3) is 0.500. The van der Waals surface area contributed by atoms with Gasteiger partial charge in [0.25, 0.3) is 0 Å². The van der Waals surface area contributed by atoms with E-state index in [0.29, 0.717) is 0 Å². The highest BCUT2D eigenvalue weighted by Gasteiger charge is 2.12. The molecule has 3 nitrogen and oxygen atoms in total. The Morgan fingerprint density at radius 3 is 2.80 bits per heavy atom. The molecule has 0 radical (unpaired) electrons. The van der Waals surface area contributed by atoms with E-state index in [9.17, 15) is 0 Å². The van der Waals surface area contributed by atoms with Crippen molar-refractivity contribution >= 4 is 0 Å². The van der Waals surface area contributed by atoms with Gasteiger partial charge in [0.1, 0.15) is 0 Å². The van der Waals surface area contributed by atoms with Crippen LogP contribution in [0.5, 0.6) is 0 Å². The van der Waals surface area contributed by atoms with Crippen LogP contribution in [-0.4, -0.2) is 16.5 Å². The molecule has 0 aliphatic heterocycles. The molecule has 0 bridgehead atoms. The summed E-state index contributed by atoms with van der Waals surface area (Å²) in [5.41, 5.74) is 2.24. The lowest BCUT2D eigenvalue weighted by molar-refractivity contribution is 0.528. The summed E-state index contributed by atoms with van der Waals surface area (Å²) in [6.45, 7) is 9.18. The van der Waals surface area contributed by atoms with Crippen LogP contribution in [0.25, 0.3) is 0 Å². The van der Waals surface area contributed by atoms with Gasteiger partial charge in [0.05, 0.1) is 11.7 Å². The largest absolute Gasteiger partial charge is 0.309 e. The van der Waals surface area contributed by atoms with E-state index in [0.717, 1.165) is 25.1 Å². The lowest BCUT2D eigenvalue weighted by Gasteiger charge is -2.17. The lowest BCUT2D eigenvalue weighted by atomic mass is 10.0. The van der Waals surface area contributed by atoms with Crippen LogP contribution in [0.4, 0.5) is 0 Å². The second-order valence-electron chi connectivity index (χ2n) is 3.55. The molecule has 1 aromatic heterocycles. The Kier molecular flexibility index (Phi) is 4.98. The van der Waals surface area contributed by atoms with Crippen LogP contribution >= 0.6 is 0 Å². The molecule has 1 N–H and O–H groups in total. The Hall–Kier alpha value is -1.22. The first-order valence-electron chi connectivity index (χ1n) is 5.43. The van der Waals surface area contributed by atoms with Gasteiger partial charge in [0.2, 0.25) is 0 Å². The minimum absolute atomic E-state index is 0.246. The van der Waals surface area contributed by atoms with Crippen molar-refractivity contribution in [3.63, 3.8) is 0 Å². The van der Waals surface area contributed by atoms with Gasteiger partial charge in [0, 0.05) is 18.6 Å². The standard InChI is InChI=1S/C12H19N3/c1-4-10(3)8-11(14-5-2)12-9-13-6-7-15-12/h6-7,9,11,14H,3-5,8H2,1-2H3. The van der Waals surface area contributed by atoms with Gasteiger partial charge in [-0.25, -0.2) is 0 Å². The highest BCUT2D eigenvalue weighted by atomic mass is 14.9. The van der Waals surface area contributed by atoms with Crippen molar-refractivity contribution in [2.75, 3.05) is 6.54 Å². The van der Waals surface area contributed by atoms with E-state index in [1.165, 1.54) is 5.57 Å². The molecule has 1 rings (SSSR count). The molecule has 0 spiro atoms. The second-order valence-corrected chi connectivity index (χ2v) is 3.55. The van der Waals surface area contributed by atoms with Gasteiger partial charge in [-0.15, -0.1) is 0 Å². The molecule has 0 saturated carbocycles. The minimum Gasteiger partial charge on any atom is -0.309 e. The summed E-state index contributed by atoms with van der Waals surface area (Å²) >= 11 is 0. The molecule has 1 atom stereocenters. The lowest BCUT2D eigenvalue weighted by Crippen LogP contribution is -2.22. The molecule has 1 unspecified atom stereocenters. The smallest absolute Gasteiger partial charge is 0.0759 e. The maximum Gasteiger partial charge on any atom is 0.0759 e. The summed E-state index contributed by atoms with van der Waals surface area (Å²) in [5.74, 6) is 0. The Morgan fingerprint density at radius 2 is 2.27 bits per heavy atom. The highest BCUT2D eigenvalue weighted by Crippen LogP contribution is 2.19. The molecule has 1 heterocycles. The number of nitrogens with zero attached hydrogens (tertiary/aromatic N) is 2. The second kappa shape index (κ2) is 6.30.